The normalized spacial score (nSPS) is 25.7. The van der Waals surface area contributed by atoms with Crippen LogP contribution in [0.5, 0.6) is 0 Å². The lowest BCUT2D eigenvalue weighted by atomic mass is 9.95. The number of hydrogen-bond acceptors (Lipinski definition) is 6. The van der Waals surface area contributed by atoms with Crippen molar-refractivity contribution in [3.05, 3.63) is 17.5 Å². The van der Waals surface area contributed by atoms with E-state index in [1.54, 1.807) is 17.9 Å². The summed E-state index contributed by atoms with van der Waals surface area (Å²) in [5, 5.41) is 13.4. The molecule has 2 aliphatic heterocycles. The van der Waals surface area contributed by atoms with E-state index in [9.17, 15) is 14.7 Å². The first-order valence-electron chi connectivity index (χ1n) is 7.77. The molecule has 3 rings (SSSR count). The van der Waals surface area contributed by atoms with E-state index in [0.29, 0.717) is 50.7 Å². The van der Waals surface area contributed by atoms with Crippen LogP contribution in [0.15, 0.2) is 10.6 Å². The highest BCUT2D eigenvalue weighted by Gasteiger charge is 2.48. The van der Waals surface area contributed by atoms with E-state index in [-0.39, 0.29) is 18.9 Å². The number of ether oxygens (including phenoxy) is 1. The highest BCUT2D eigenvalue weighted by molar-refractivity contribution is 5.80. The molecule has 0 aromatic carbocycles. The van der Waals surface area contributed by atoms with Gasteiger partial charge in [0.15, 0.2) is 0 Å². The number of carbonyl (C=O) groups is 2. The lowest BCUT2D eigenvalue weighted by molar-refractivity contribution is -0.153. The van der Waals surface area contributed by atoms with Gasteiger partial charge in [-0.1, -0.05) is 5.16 Å². The largest absolute Gasteiger partial charge is 0.480 e. The molecule has 2 saturated heterocycles. The Morgan fingerprint density at radius 1 is 1.35 bits per heavy atom. The highest BCUT2D eigenvalue weighted by atomic mass is 16.5. The third-order valence-corrected chi connectivity index (χ3v) is 4.65. The molecule has 0 aliphatic carbocycles. The molecule has 1 N–H and O–H groups in total. The minimum Gasteiger partial charge on any atom is -0.480 e. The van der Waals surface area contributed by atoms with Crippen molar-refractivity contribution in [2.75, 3.05) is 39.4 Å². The highest BCUT2D eigenvalue weighted by Crippen LogP contribution is 2.28. The summed E-state index contributed by atoms with van der Waals surface area (Å²) < 4.78 is 10.3. The van der Waals surface area contributed by atoms with Crippen molar-refractivity contribution in [3.8, 4) is 0 Å². The van der Waals surface area contributed by atoms with Crippen LogP contribution in [0.4, 0.5) is 0 Å². The zero-order valence-corrected chi connectivity index (χ0v) is 13.2. The van der Waals surface area contributed by atoms with Gasteiger partial charge >= 0.3 is 5.97 Å². The van der Waals surface area contributed by atoms with Crippen LogP contribution in [-0.4, -0.2) is 76.9 Å². The van der Waals surface area contributed by atoms with Crippen molar-refractivity contribution in [1.82, 2.24) is 15.0 Å². The summed E-state index contributed by atoms with van der Waals surface area (Å²) in [6.45, 7) is 4.59. The van der Waals surface area contributed by atoms with Gasteiger partial charge in [0.1, 0.15) is 11.3 Å². The van der Waals surface area contributed by atoms with Crippen molar-refractivity contribution in [3.63, 3.8) is 0 Å². The Morgan fingerprint density at radius 3 is 2.61 bits per heavy atom. The van der Waals surface area contributed by atoms with Crippen LogP contribution >= 0.6 is 0 Å². The van der Waals surface area contributed by atoms with Crippen molar-refractivity contribution in [2.24, 2.45) is 0 Å². The Kier molecular flexibility index (Phi) is 4.36. The molecule has 8 heteroatoms. The molecule has 2 aliphatic rings. The van der Waals surface area contributed by atoms with Crippen molar-refractivity contribution >= 4 is 11.9 Å². The molecule has 1 amide bonds. The SMILES string of the molecule is Cc1cc(CC(=O)N2CCN(C3(C(=O)O)CCOC3)CC2)no1. The lowest BCUT2D eigenvalue weighted by Gasteiger charge is -2.42. The van der Waals surface area contributed by atoms with Crippen LogP contribution in [0, 0.1) is 6.92 Å². The second kappa shape index (κ2) is 6.29. The van der Waals surface area contributed by atoms with E-state index in [1.807, 2.05) is 4.90 Å². The molecule has 1 aromatic rings. The number of piperazine rings is 1. The zero-order chi connectivity index (χ0) is 16.4. The van der Waals surface area contributed by atoms with Gasteiger partial charge in [-0.15, -0.1) is 0 Å². The summed E-state index contributed by atoms with van der Waals surface area (Å²) in [6, 6.07) is 1.75. The van der Waals surface area contributed by atoms with Crippen LogP contribution in [0.3, 0.4) is 0 Å². The molecule has 1 unspecified atom stereocenters. The van der Waals surface area contributed by atoms with Crippen molar-refractivity contribution in [2.45, 2.75) is 25.3 Å². The average Bonchev–Trinajstić information content (AvgIpc) is 3.17. The summed E-state index contributed by atoms with van der Waals surface area (Å²) in [5.74, 6) is -0.167. The summed E-state index contributed by atoms with van der Waals surface area (Å²) >= 11 is 0. The van der Waals surface area contributed by atoms with Gasteiger partial charge in [-0.05, 0) is 6.92 Å². The number of nitrogens with zero attached hydrogens (tertiary/aromatic N) is 3. The van der Waals surface area contributed by atoms with Gasteiger partial charge in [-0.3, -0.25) is 14.5 Å². The molecule has 0 spiro atoms. The summed E-state index contributed by atoms with van der Waals surface area (Å²) in [6.07, 6.45) is 0.707. The fourth-order valence-corrected chi connectivity index (χ4v) is 3.26. The number of aryl methyl sites for hydroxylation is 1. The van der Waals surface area contributed by atoms with E-state index in [1.165, 1.54) is 0 Å². The van der Waals surface area contributed by atoms with Gasteiger partial charge in [0.25, 0.3) is 0 Å². The molecule has 8 nitrogen and oxygen atoms in total. The van der Waals surface area contributed by atoms with E-state index >= 15 is 0 Å². The number of carboxylic acid groups (broad SMARTS) is 1. The fourth-order valence-electron chi connectivity index (χ4n) is 3.26. The molecule has 1 aromatic heterocycles. The first-order valence-corrected chi connectivity index (χ1v) is 7.77. The Labute approximate surface area is 134 Å². The Balaban J connectivity index is 1.57. The van der Waals surface area contributed by atoms with Gasteiger partial charge in [0.05, 0.1) is 18.7 Å². The number of amides is 1. The summed E-state index contributed by atoms with van der Waals surface area (Å²) in [4.78, 5) is 27.7. The van der Waals surface area contributed by atoms with Crippen LogP contribution in [-0.2, 0) is 20.7 Å². The number of rotatable bonds is 4. The Hall–Kier alpha value is -1.93. The molecule has 2 fully saturated rings. The van der Waals surface area contributed by atoms with E-state index in [2.05, 4.69) is 5.16 Å². The number of carbonyl (C=O) groups excluding carboxylic acids is 1. The van der Waals surface area contributed by atoms with Crippen LogP contribution < -0.4 is 0 Å². The second-order valence-corrected chi connectivity index (χ2v) is 6.11. The molecule has 0 saturated carbocycles. The maximum atomic E-state index is 12.3. The second-order valence-electron chi connectivity index (χ2n) is 6.11. The Bertz CT molecular complexity index is 586. The minimum absolute atomic E-state index is 0.00926. The average molecular weight is 323 g/mol. The van der Waals surface area contributed by atoms with Crippen molar-refractivity contribution in [1.29, 1.82) is 0 Å². The number of carboxylic acids is 1. The number of aliphatic carboxylic acids is 1. The maximum Gasteiger partial charge on any atom is 0.326 e. The topological polar surface area (TPSA) is 96.1 Å². The van der Waals surface area contributed by atoms with Gasteiger partial charge in [0.2, 0.25) is 5.91 Å². The molecule has 0 bridgehead atoms. The van der Waals surface area contributed by atoms with Crippen LogP contribution in [0.2, 0.25) is 0 Å². The lowest BCUT2D eigenvalue weighted by Crippen LogP contribution is -2.62. The molecule has 3 heterocycles. The smallest absolute Gasteiger partial charge is 0.326 e. The third kappa shape index (κ3) is 3.09. The maximum absolute atomic E-state index is 12.3. The predicted molar refractivity (Wildman–Crippen MR) is 78.9 cm³/mol. The van der Waals surface area contributed by atoms with Crippen LogP contribution in [0.25, 0.3) is 0 Å². The van der Waals surface area contributed by atoms with Gasteiger partial charge < -0.3 is 19.3 Å². The molecule has 126 valence electrons. The Morgan fingerprint density at radius 2 is 2.09 bits per heavy atom. The standard InChI is InChI=1S/C15H21N3O5/c1-11-8-12(16-23-11)9-13(19)17-3-5-18(6-4-17)15(14(20)21)2-7-22-10-15/h8H,2-7,9-10H2,1H3,(H,20,21). The quantitative estimate of drug-likeness (QED) is 0.827. The first-order chi connectivity index (χ1) is 11.0. The van der Waals surface area contributed by atoms with Gasteiger partial charge in [0, 0.05) is 45.3 Å². The third-order valence-electron chi connectivity index (χ3n) is 4.65. The fraction of sp³-hybridized carbons (Fsp3) is 0.667. The predicted octanol–water partition coefficient (Wildman–Crippen LogP) is -0.0866. The van der Waals surface area contributed by atoms with Crippen LogP contribution in [0.1, 0.15) is 17.9 Å². The molecule has 23 heavy (non-hydrogen) atoms. The molecular formula is C15H21N3O5. The first kappa shape index (κ1) is 15.9. The van der Waals surface area contributed by atoms with E-state index in [0.717, 1.165) is 0 Å². The van der Waals surface area contributed by atoms with E-state index in [4.69, 9.17) is 9.26 Å². The van der Waals surface area contributed by atoms with Gasteiger partial charge in [-0.25, -0.2) is 0 Å². The minimum atomic E-state index is -0.932. The van der Waals surface area contributed by atoms with Gasteiger partial charge in [-0.2, -0.15) is 0 Å². The summed E-state index contributed by atoms with van der Waals surface area (Å²) in [7, 11) is 0. The number of aromatic nitrogens is 1. The van der Waals surface area contributed by atoms with E-state index < -0.39 is 11.5 Å². The molecular weight excluding hydrogens is 302 g/mol. The molecule has 1 atom stereocenters. The monoisotopic (exact) mass is 323 g/mol. The zero-order valence-electron chi connectivity index (χ0n) is 13.2. The summed E-state index contributed by atoms with van der Waals surface area (Å²) in [5.41, 5.74) is -0.306. The molecule has 0 radical (unpaired) electrons. The van der Waals surface area contributed by atoms with Crippen molar-refractivity contribution < 1.29 is 24.0 Å². The number of hydrogen-bond donors (Lipinski definition) is 1.